The second-order valence-corrected chi connectivity index (χ2v) is 5.93. The Morgan fingerprint density at radius 3 is 2.58 bits per heavy atom. The first-order chi connectivity index (χ1) is 12.7. The summed E-state index contributed by atoms with van der Waals surface area (Å²) in [6.07, 6.45) is 5.58. The Bertz CT molecular complexity index is 867. The van der Waals surface area contributed by atoms with Gasteiger partial charge in [0.1, 0.15) is 5.78 Å². The number of Topliss-reactive ketones (excluding diaryl/α,β-unsaturated/α-hetero) is 1. The van der Waals surface area contributed by atoms with Gasteiger partial charge in [0.05, 0.1) is 7.11 Å². The fourth-order valence-electron chi connectivity index (χ4n) is 2.80. The molecule has 2 heterocycles. The zero-order valence-electron chi connectivity index (χ0n) is 14.8. The molecule has 1 atom stereocenters. The van der Waals surface area contributed by atoms with Gasteiger partial charge in [-0.05, 0) is 42.3 Å². The Morgan fingerprint density at radius 2 is 1.92 bits per heavy atom. The summed E-state index contributed by atoms with van der Waals surface area (Å²) in [7, 11) is 1.59. The first kappa shape index (κ1) is 17.6. The van der Waals surface area contributed by atoms with Crippen molar-refractivity contribution in [3.8, 4) is 17.4 Å². The minimum Gasteiger partial charge on any atom is -0.493 e. The van der Waals surface area contributed by atoms with Crippen LogP contribution in [-0.4, -0.2) is 22.9 Å². The molecule has 0 saturated heterocycles. The topological polar surface area (TPSA) is 61.3 Å². The lowest BCUT2D eigenvalue weighted by atomic mass is 9.88. The molecule has 0 amide bonds. The quantitative estimate of drug-likeness (QED) is 0.634. The van der Waals surface area contributed by atoms with E-state index in [4.69, 9.17) is 9.47 Å². The summed E-state index contributed by atoms with van der Waals surface area (Å²) < 4.78 is 11.3. The van der Waals surface area contributed by atoms with Crippen molar-refractivity contribution >= 4 is 5.78 Å². The molecule has 1 unspecified atom stereocenters. The number of pyridine rings is 2. The standard InChI is InChI=1S/C21H20N2O3/c1-15(24)12-18(17-6-5-10-22-14-17)16-8-9-19(20(13-16)25-2)26-21-7-3-4-11-23-21/h3-11,13-14,18H,12H2,1-2H3. The van der Waals surface area contributed by atoms with Crippen LogP contribution in [0.5, 0.6) is 17.4 Å². The van der Waals surface area contributed by atoms with Crippen LogP contribution in [0.2, 0.25) is 0 Å². The number of benzene rings is 1. The van der Waals surface area contributed by atoms with Gasteiger partial charge in [0, 0.05) is 37.0 Å². The number of nitrogens with zero attached hydrogens (tertiary/aromatic N) is 2. The number of aromatic nitrogens is 2. The van der Waals surface area contributed by atoms with E-state index in [-0.39, 0.29) is 11.7 Å². The molecule has 0 aliphatic heterocycles. The number of carbonyl (C=O) groups excluding carboxylic acids is 1. The molecular weight excluding hydrogens is 328 g/mol. The predicted octanol–water partition coefficient (Wildman–Crippen LogP) is 4.39. The third-order valence-electron chi connectivity index (χ3n) is 4.02. The van der Waals surface area contributed by atoms with Crippen LogP contribution in [-0.2, 0) is 4.79 Å². The smallest absolute Gasteiger partial charge is 0.219 e. The van der Waals surface area contributed by atoms with Gasteiger partial charge >= 0.3 is 0 Å². The van der Waals surface area contributed by atoms with Gasteiger partial charge in [-0.25, -0.2) is 4.98 Å². The van der Waals surface area contributed by atoms with Gasteiger partial charge in [0.25, 0.3) is 0 Å². The molecule has 0 aliphatic rings. The average Bonchev–Trinajstić information content (AvgIpc) is 2.68. The molecule has 0 bridgehead atoms. The van der Waals surface area contributed by atoms with E-state index in [1.165, 1.54) is 0 Å². The highest BCUT2D eigenvalue weighted by atomic mass is 16.5. The molecule has 0 aliphatic carbocycles. The molecule has 0 radical (unpaired) electrons. The molecule has 132 valence electrons. The fraction of sp³-hybridized carbons (Fsp3) is 0.190. The summed E-state index contributed by atoms with van der Waals surface area (Å²) in [4.78, 5) is 20.1. The third-order valence-corrected chi connectivity index (χ3v) is 4.02. The van der Waals surface area contributed by atoms with Crippen LogP contribution in [0.4, 0.5) is 0 Å². The molecule has 0 N–H and O–H groups in total. The van der Waals surface area contributed by atoms with Gasteiger partial charge in [0.15, 0.2) is 11.5 Å². The van der Waals surface area contributed by atoms with Crippen LogP contribution in [0.3, 0.4) is 0 Å². The predicted molar refractivity (Wildman–Crippen MR) is 98.7 cm³/mol. The van der Waals surface area contributed by atoms with E-state index in [0.717, 1.165) is 11.1 Å². The number of hydrogen-bond acceptors (Lipinski definition) is 5. The second kappa shape index (κ2) is 8.25. The van der Waals surface area contributed by atoms with Crippen molar-refractivity contribution < 1.29 is 14.3 Å². The van der Waals surface area contributed by atoms with Crippen molar-refractivity contribution in [3.05, 3.63) is 78.2 Å². The molecule has 5 nitrogen and oxygen atoms in total. The van der Waals surface area contributed by atoms with Crippen LogP contribution in [0, 0.1) is 0 Å². The Kier molecular flexibility index (Phi) is 5.59. The molecular formula is C21H20N2O3. The summed E-state index contributed by atoms with van der Waals surface area (Å²) in [5.41, 5.74) is 1.96. The van der Waals surface area contributed by atoms with Crippen molar-refractivity contribution in [1.82, 2.24) is 9.97 Å². The van der Waals surface area contributed by atoms with Gasteiger partial charge in [0.2, 0.25) is 5.88 Å². The molecule has 1 aromatic carbocycles. The van der Waals surface area contributed by atoms with Crippen LogP contribution < -0.4 is 9.47 Å². The van der Waals surface area contributed by atoms with E-state index in [9.17, 15) is 4.79 Å². The van der Waals surface area contributed by atoms with E-state index >= 15 is 0 Å². The van der Waals surface area contributed by atoms with Crippen LogP contribution in [0.15, 0.2) is 67.1 Å². The molecule has 0 spiro atoms. The van der Waals surface area contributed by atoms with E-state index in [1.54, 1.807) is 38.7 Å². The van der Waals surface area contributed by atoms with E-state index in [0.29, 0.717) is 23.8 Å². The van der Waals surface area contributed by atoms with Crippen molar-refractivity contribution in [2.75, 3.05) is 7.11 Å². The van der Waals surface area contributed by atoms with Crippen molar-refractivity contribution in [2.24, 2.45) is 0 Å². The van der Waals surface area contributed by atoms with E-state index < -0.39 is 0 Å². The van der Waals surface area contributed by atoms with Crippen LogP contribution in [0.1, 0.15) is 30.4 Å². The van der Waals surface area contributed by atoms with E-state index in [1.807, 2.05) is 42.5 Å². The van der Waals surface area contributed by atoms with Crippen molar-refractivity contribution in [1.29, 1.82) is 0 Å². The van der Waals surface area contributed by atoms with Gasteiger partial charge in [-0.2, -0.15) is 0 Å². The lowest BCUT2D eigenvalue weighted by Crippen LogP contribution is -2.07. The maximum Gasteiger partial charge on any atom is 0.219 e. The van der Waals surface area contributed by atoms with Gasteiger partial charge in [-0.15, -0.1) is 0 Å². The zero-order valence-corrected chi connectivity index (χ0v) is 14.8. The Labute approximate surface area is 152 Å². The maximum atomic E-state index is 11.8. The Hall–Kier alpha value is -3.21. The minimum absolute atomic E-state index is 0.0843. The lowest BCUT2D eigenvalue weighted by molar-refractivity contribution is -0.117. The van der Waals surface area contributed by atoms with Crippen molar-refractivity contribution in [2.45, 2.75) is 19.3 Å². The highest BCUT2D eigenvalue weighted by Gasteiger charge is 2.19. The van der Waals surface area contributed by atoms with Gasteiger partial charge < -0.3 is 9.47 Å². The number of carbonyl (C=O) groups is 1. The normalized spacial score (nSPS) is 11.6. The van der Waals surface area contributed by atoms with Crippen LogP contribution >= 0.6 is 0 Å². The highest BCUT2D eigenvalue weighted by molar-refractivity contribution is 5.77. The molecule has 0 fully saturated rings. The largest absolute Gasteiger partial charge is 0.493 e. The first-order valence-corrected chi connectivity index (χ1v) is 8.33. The number of ketones is 1. The number of rotatable bonds is 7. The molecule has 2 aromatic heterocycles. The third kappa shape index (κ3) is 4.25. The highest BCUT2D eigenvalue weighted by Crippen LogP contribution is 2.36. The summed E-state index contributed by atoms with van der Waals surface area (Å²) in [5.74, 6) is 1.69. The van der Waals surface area contributed by atoms with Crippen LogP contribution in [0.25, 0.3) is 0 Å². The second-order valence-electron chi connectivity index (χ2n) is 5.93. The molecule has 26 heavy (non-hydrogen) atoms. The van der Waals surface area contributed by atoms with E-state index in [2.05, 4.69) is 9.97 Å². The van der Waals surface area contributed by atoms with Crippen molar-refractivity contribution in [3.63, 3.8) is 0 Å². The minimum atomic E-state index is -0.0843. The monoisotopic (exact) mass is 348 g/mol. The maximum absolute atomic E-state index is 11.8. The fourth-order valence-corrected chi connectivity index (χ4v) is 2.80. The first-order valence-electron chi connectivity index (χ1n) is 8.33. The molecule has 3 aromatic rings. The lowest BCUT2D eigenvalue weighted by Gasteiger charge is -2.18. The molecule has 5 heteroatoms. The number of hydrogen-bond donors (Lipinski definition) is 0. The summed E-state index contributed by atoms with van der Waals surface area (Å²) in [6.45, 7) is 1.60. The van der Waals surface area contributed by atoms with Gasteiger partial charge in [-0.3, -0.25) is 9.78 Å². The SMILES string of the molecule is COc1cc(C(CC(C)=O)c2cccnc2)ccc1Oc1ccccn1. The Morgan fingerprint density at radius 1 is 1.04 bits per heavy atom. The molecule has 0 saturated carbocycles. The zero-order chi connectivity index (χ0) is 18.4. The van der Waals surface area contributed by atoms with Gasteiger partial charge in [-0.1, -0.05) is 18.2 Å². The summed E-state index contributed by atoms with van der Waals surface area (Å²) in [6, 6.07) is 15.0. The number of ether oxygens (including phenoxy) is 2. The number of methoxy groups -OCH3 is 1. The average molecular weight is 348 g/mol. The molecule has 3 rings (SSSR count). The summed E-state index contributed by atoms with van der Waals surface area (Å²) in [5, 5.41) is 0. The Balaban J connectivity index is 1.94. The summed E-state index contributed by atoms with van der Waals surface area (Å²) >= 11 is 0.